The Bertz CT molecular complexity index is 526. The first-order valence-electron chi connectivity index (χ1n) is 4.82. The molecule has 1 aromatic carbocycles. The molecule has 1 aliphatic rings. The fraction of sp³-hybridized carbons (Fsp3) is 0.273. The number of benzene rings is 1. The summed E-state index contributed by atoms with van der Waals surface area (Å²) < 4.78 is 37.6. The number of halogens is 3. The van der Waals surface area contributed by atoms with E-state index in [1.54, 1.807) is 7.05 Å². The number of alkyl halides is 3. The Morgan fingerprint density at radius 1 is 1.41 bits per heavy atom. The molecule has 0 bridgehead atoms. The van der Waals surface area contributed by atoms with Gasteiger partial charge in [0.1, 0.15) is 5.71 Å². The van der Waals surface area contributed by atoms with Gasteiger partial charge < -0.3 is 4.90 Å². The lowest BCUT2D eigenvalue weighted by Gasteiger charge is -2.27. The largest absolute Gasteiger partial charge is 0.431 e. The van der Waals surface area contributed by atoms with E-state index in [0.717, 1.165) is 0 Å². The van der Waals surface area contributed by atoms with Crippen LogP contribution in [0.15, 0.2) is 23.2 Å². The van der Waals surface area contributed by atoms with E-state index in [1.807, 2.05) is 6.07 Å². The van der Waals surface area contributed by atoms with Crippen LogP contribution in [0.5, 0.6) is 0 Å². The second-order valence-electron chi connectivity index (χ2n) is 3.73. The van der Waals surface area contributed by atoms with Crippen LogP contribution in [-0.2, 0) is 0 Å². The van der Waals surface area contributed by atoms with Gasteiger partial charge in [-0.25, -0.2) is 4.99 Å². The van der Waals surface area contributed by atoms with Crippen LogP contribution in [0.2, 0.25) is 0 Å². The molecule has 0 atom stereocenters. The zero-order chi connectivity index (χ0) is 12.6. The van der Waals surface area contributed by atoms with Gasteiger partial charge in [0.05, 0.1) is 29.6 Å². The van der Waals surface area contributed by atoms with E-state index in [9.17, 15) is 13.2 Å². The molecule has 2 rings (SSSR count). The van der Waals surface area contributed by atoms with Crippen LogP contribution in [0.4, 0.5) is 24.5 Å². The lowest BCUT2D eigenvalue weighted by atomic mass is 10.1. The van der Waals surface area contributed by atoms with Gasteiger partial charge in [0.15, 0.2) is 0 Å². The quantitative estimate of drug-likeness (QED) is 0.698. The summed E-state index contributed by atoms with van der Waals surface area (Å²) >= 11 is 0. The SMILES string of the molecule is CN1CC(C(F)(F)F)=Nc2ccc(C#N)cc21. The Kier molecular flexibility index (Phi) is 2.54. The number of hydrogen-bond donors (Lipinski definition) is 0. The Morgan fingerprint density at radius 2 is 2.12 bits per heavy atom. The second kappa shape index (κ2) is 3.77. The van der Waals surface area contributed by atoms with E-state index < -0.39 is 11.9 Å². The average molecular weight is 239 g/mol. The highest BCUT2D eigenvalue weighted by Crippen LogP contribution is 2.35. The molecule has 0 unspecified atom stereocenters. The first-order chi connectivity index (χ1) is 7.91. The van der Waals surface area contributed by atoms with E-state index in [-0.39, 0.29) is 12.2 Å². The van der Waals surface area contributed by atoms with Crippen molar-refractivity contribution in [3.8, 4) is 6.07 Å². The molecule has 1 heterocycles. The minimum atomic E-state index is -4.42. The number of hydrogen-bond acceptors (Lipinski definition) is 3. The molecule has 0 aliphatic carbocycles. The van der Waals surface area contributed by atoms with Gasteiger partial charge in [0, 0.05) is 7.05 Å². The van der Waals surface area contributed by atoms with Crippen LogP contribution in [0.1, 0.15) is 5.56 Å². The van der Waals surface area contributed by atoms with E-state index in [1.165, 1.54) is 23.1 Å². The van der Waals surface area contributed by atoms with E-state index >= 15 is 0 Å². The molecular formula is C11H8F3N3. The maximum atomic E-state index is 12.5. The maximum Gasteiger partial charge on any atom is 0.431 e. The van der Waals surface area contributed by atoms with E-state index in [2.05, 4.69) is 4.99 Å². The predicted octanol–water partition coefficient (Wildman–Crippen LogP) is 2.64. The van der Waals surface area contributed by atoms with Gasteiger partial charge in [-0.2, -0.15) is 18.4 Å². The van der Waals surface area contributed by atoms with Gasteiger partial charge in [0.2, 0.25) is 0 Å². The zero-order valence-corrected chi connectivity index (χ0v) is 8.91. The molecule has 0 spiro atoms. The summed E-state index contributed by atoms with van der Waals surface area (Å²) in [7, 11) is 1.54. The molecule has 88 valence electrons. The minimum Gasteiger partial charge on any atom is -0.367 e. The number of rotatable bonds is 0. The molecule has 0 aromatic heterocycles. The zero-order valence-electron chi connectivity index (χ0n) is 8.91. The minimum absolute atomic E-state index is 0.241. The number of anilines is 1. The van der Waals surface area contributed by atoms with Crippen molar-refractivity contribution in [2.45, 2.75) is 6.18 Å². The fourth-order valence-corrected chi connectivity index (χ4v) is 1.64. The summed E-state index contributed by atoms with van der Waals surface area (Å²) in [6.45, 7) is -0.300. The molecule has 0 amide bonds. The van der Waals surface area contributed by atoms with Gasteiger partial charge >= 0.3 is 6.18 Å². The molecule has 6 heteroatoms. The fourth-order valence-electron chi connectivity index (χ4n) is 1.64. The van der Waals surface area contributed by atoms with E-state index in [4.69, 9.17) is 5.26 Å². The Labute approximate surface area is 95.8 Å². The smallest absolute Gasteiger partial charge is 0.367 e. The van der Waals surface area contributed by atoms with Crippen LogP contribution in [-0.4, -0.2) is 25.5 Å². The highest BCUT2D eigenvalue weighted by molar-refractivity contribution is 5.99. The van der Waals surface area contributed by atoms with Crippen molar-refractivity contribution in [3.05, 3.63) is 23.8 Å². The van der Waals surface area contributed by atoms with Crippen molar-refractivity contribution in [2.75, 3.05) is 18.5 Å². The lowest BCUT2D eigenvalue weighted by molar-refractivity contribution is -0.0597. The Morgan fingerprint density at radius 3 is 2.71 bits per heavy atom. The van der Waals surface area contributed by atoms with Gasteiger partial charge in [-0.3, -0.25) is 0 Å². The van der Waals surface area contributed by atoms with Crippen LogP contribution in [0, 0.1) is 11.3 Å². The van der Waals surface area contributed by atoms with Crippen LogP contribution >= 0.6 is 0 Å². The number of fused-ring (bicyclic) bond motifs is 1. The first kappa shape index (κ1) is 11.5. The molecular weight excluding hydrogens is 231 g/mol. The van der Waals surface area contributed by atoms with Crippen molar-refractivity contribution in [3.63, 3.8) is 0 Å². The molecule has 1 aliphatic heterocycles. The van der Waals surface area contributed by atoms with Gasteiger partial charge in [-0.15, -0.1) is 0 Å². The summed E-state index contributed by atoms with van der Waals surface area (Å²) in [5.74, 6) is 0. The highest BCUT2D eigenvalue weighted by atomic mass is 19.4. The number of nitriles is 1. The molecule has 0 saturated carbocycles. The van der Waals surface area contributed by atoms with Crippen molar-refractivity contribution in [1.29, 1.82) is 5.26 Å². The third-order valence-electron chi connectivity index (χ3n) is 2.49. The van der Waals surface area contributed by atoms with Crippen molar-refractivity contribution in [1.82, 2.24) is 0 Å². The Balaban J connectivity index is 2.51. The van der Waals surface area contributed by atoms with Crippen LogP contribution in [0.3, 0.4) is 0 Å². The summed E-state index contributed by atoms with van der Waals surface area (Å²) in [6, 6.07) is 6.36. The highest BCUT2D eigenvalue weighted by Gasteiger charge is 2.38. The lowest BCUT2D eigenvalue weighted by Crippen LogP contribution is -2.37. The third kappa shape index (κ3) is 2.09. The monoisotopic (exact) mass is 239 g/mol. The normalized spacial score (nSPS) is 15.0. The Hall–Kier alpha value is -2.03. The van der Waals surface area contributed by atoms with Crippen molar-refractivity contribution in [2.24, 2.45) is 4.99 Å². The summed E-state index contributed by atoms with van der Waals surface area (Å²) in [5, 5.41) is 8.72. The van der Waals surface area contributed by atoms with E-state index in [0.29, 0.717) is 11.3 Å². The molecule has 0 saturated heterocycles. The summed E-state index contributed by atoms with van der Waals surface area (Å²) in [4.78, 5) is 5.02. The number of nitrogens with zero attached hydrogens (tertiary/aromatic N) is 3. The molecule has 3 nitrogen and oxygen atoms in total. The molecule has 0 radical (unpaired) electrons. The first-order valence-corrected chi connectivity index (χ1v) is 4.82. The number of aliphatic imine (C=N–C) groups is 1. The van der Waals surface area contributed by atoms with Crippen molar-refractivity contribution >= 4 is 17.1 Å². The molecule has 1 aromatic rings. The molecule has 0 fully saturated rings. The molecule has 17 heavy (non-hydrogen) atoms. The van der Waals surface area contributed by atoms with Gasteiger partial charge in [0.25, 0.3) is 0 Å². The van der Waals surface area contributed by atoms with Gasteiger partial charge in [-0.1, -0.05) is 0 Å². The van der Waals surface area contributed by atoms with Gasteiger partial charge in [-0.05, 0) is 18.2 Å². The maximum absolute atomic E-state index is 12.5. The topological polar surface area (TPSA) is 39.4 Å². The summed E-state index contributed by atoms with van der Waals surface area (Å²) in [5.41, 5.74) is 0.362. The third-order valence-corrected chi connectivity index (χ3v) is 2.49. The molecule has 0 N–H and O–H groups in total. The standard InChI is InChI=1S/C11H8F3N3/c1-17-6-10(11(12,13)14)16-8-3-2-7(5-15)4-9(8)17/h2-4H,6H2,1H3. The summed E-state index contributed by atoms with van der Waals surface area (Å²) in [6.07, 6.45) is -4.42. The average Bonchev–Trinajstić information content (AvgIpc) is 2.27. The second-order valence-corrected chi connectivity index (χ2v) is 3.73. The van der Waals surface area contributed by atoms with Crippen LogP contribution < -0.4 is 4.90 Å². The predicted molar refractivity (Wildman–Crippen MR) is 57.6 cm³/mol. The van der Waals surface area contributed by atoms with Crippen molar-refractivity contribution < 1.29 is 13.2 Å². The van der Waals surface area contributed by atoms with Crippen LogP contribution in [0.25, 0.3) is 0 Å².